The summed E-state index contributed by atoms with van der Waals surface area (Å²) in [6, 6.07) is 4.90. The second-order valence-electron chi connectivity index (χ2n) is 8.46. The van der Waals surface area contributed by atoms with Gasteiger partial charge < -0.3 is 15.0 Å². The van der Waals surface area contributed by atoms with E-state index in [1.54, 1.807) is 6.92 Å². The molecule has 1 saturated heterocycles. The smallest absolute Gasteiger partial charge is 0.263 e. The van der Waals surface area contributed by atoms with Crippen LogP contribution < -0.4 is 15.8 Å². The van der Waals surface area contributed by atoms with E-state index in [9.17, 15) is 26.4 Å². The van der Waals surface area contributed by atoms with Crippen LogP contribution in [0.4, 0.5) is 24.8 Å². The third-order valence-electron chi connectivity index (χ3n) is 5.94. The Hall–Kier alpha value is -3.12. The molecule has 1 aromatic heterocycles. The summed E-state index contributed by atoms with van der Waals surface area (Å²) in [5, 5.41) is 3.00. The second kappa shape index (κ2) is 9.50. The normalized spacial score (nSPS) is 15.6. The second-order valence-corrected chi connectivity index (χ2v) is 10.4. The molecule has 1 aliphatic heterocycles. The molecule has 0 saturated carbocycles. The van der Waals surface area contributed by atoms with E-state index in [2.05, 4.69) is 10.3 Å². The van der Waals surface area contributed by atoms with Gasteiger partial charge in [0.1, 0.15) is 5.82 Å². The van der Waals surface area contributed by atoms with Gasteiger partial charge in [-0.1, -0.05) is 0 Å². The van der Waals surface area contributed by atoms with Crippen LogP contribution >= 0.6 is 0 Å². The minimum Gasteiger partial charge on any atom is -0.378 e. The third-order valence-corrected chi connectivity index (χ3v) is 7.07. The molecule has 3 aromatic rings. The number of hydrogen-bond donors (Lipinski definition) is 1. The highest BCUT2D eigenvalue weighted by molar-refractivity contribution is 7.90. The van der Waals surface area contributed by atoms with Gasteiger partial charge in [0.2, 0.25) is 5.95 Å². The highest BCUT2D eigenvalue weighted by atomic mass is 32.2. The molecular weight excluding hydrogens is 485 g/mol. The summed E-state index contributed by atoms with van der Waals surface area (Å²) < 4.78 is 72.3. The molecule has 4 rings (SSSR count). The predicted octanol–water partition coefficient (Wildman–Crippen LogP) is 3.42. The molecule has 35 heavy (non-hydrogen) atoms. The highest BCUT2D eigenvalue weighted by Crippen LogP contribution is 2.33. The number of nitrogens with zero attached hydrogens (tertiary/aromatic N) is 3. The van der Waals surface area contributed by atoms with Crippen LogP contribution in [0.25, 0.3) is 10.9 Å². The molecular formula is C23H25F3N4O4S. The van der Waals surface area contributed by atoms with E-state index >= 15 is 0 Å². The number of alkyl halides is 2. The van der Waals surface area contributed by atoms with Crippen molar-refractivity contribution >= 4 is 32.4 Å². The molecule has 0 amide bonds. The number of morpholine rings is 1. The first kappa shape index (κ1) is 25.0. The fraction of sp³-hybridized carbons (Fsp3) is 0.391. The SMILES string of the molecule is C[C@@H](Nc1ccc(F)cc1S(C)(=O)=O)c1cc(C(F)F)cc2c(=O)n(C)c(N3CCOCC3)nc12. The van der Waals surface area contributed by atoms with Gasteiger partial charge in [-0.3, -0.25) is 9.36 Å². The summed E-state index contributed by atoms with van der Waals surface area (Å²) in [5.74, 6) is -0.350. The van der Waals surface area contributed by atoms with Gasteiger partial charge >= 0.3 is 0 Å². The Kier molecular flexibility index (Phi) is 6.78. The number of hydrogen-bond acceptors (Lipinski definition) is 7. The molecule has 0 aliphatic carbocycles. The molecule has 0 unspecified atom stereocenters. The first-order chi connectivity index (χ1) is 16.5. The van der Waals surface area contributed by atoms with Crippen LogP contribution in [0, 0.1) is 5.82 Å². The average Bonchev–Trinajstić information content (AvgIpc) is 2.81. The zero-order valence-electron chi connectivity index (χ0n) is 19.4. The molecule has 2 aromatic carbocycles. The molecule has 1 N–H and O–H groups in total. The van der Waals surface area contributed by atoms with Crippen LogP contribution in [0.2, 0.25) is 0 Å². The summed E-state index contributed by atoms with van der Waals surface area (Å²) in [6.07, 6.45) is -1.89. The van der Waals surface area contributed by atoms with Gasteiger partial charge in [-0.05, 0) is 37.3 Å². The largest absolute Gasteiger partial charge is 0.378 e. The lowest BCUT2D eigenvalue weighted by Crippen LogP contribution is -2.40. The van der Waals surface area contributed by atoms with Gasteiger partial charge in [0.25, 0.3) is 12.0 Å². The quantitative estimate of drug-likeness (QED) is 0.543. The van der Waals surface area contributed by atoms with Crippen LogP contribution in [0.1, 0.15) is 30.5 Å². The zero-order valence-corrected chi connectivity index (χ0v) is 20.2. The number of sulfone groups is 1. The first-order valence-corrected chi connectivity index (χ1v) is 12.8. The van der Waals surface area contributed by atoms with Crippen LogP contribution in [-0.2, 0) is 21.6 Å². The number of fused-ring (bicyclic) bond motifs is 1. The number of aromatic nitrogens is 2. The molecule has 0 radical (unpaired) electrons. The molecule has 1 aliphatic rings. The Labute approximate surface area is 200 Å². The Bertz CT molecular complexity index is 1440. The molecule has 1 fully saturated rings. The number of nitrogens with one attached hydrogen (secondary N) is 1. The van der Waals surface area contributed by atoms with Crippen LogP contribution in [0.3, 0.4) is 0 Å². The molecule has 0 spiro atoms. The maximum absolute atomic E-state index is 13.8. The lowest BCUT2D eigenvalue weighted by Gasteiger charge is -2.29. The van der Waals surface area contributed by atoms with Crippen molar-refractivity contribution in [3.63, 3.8) is 0 Å². The van der Waals surface area contributed by atoms with E-state index < -0.39 is 33.7 Å². The van der Waals surface area contributed by atoms with Crippen molar-refractivity contribution in [2.45, 2.75) is 24.3 Å². The van der Waals surface area contributed by atoms with E-state index in [0.717, 1.165) is 24.5 Å². The first-order valence-electron chi connectivity index (χ1n) is 10.9. The maximum Gasteiger partial charge on any atom is 0.263 e. The van der Waals surface area contributed by atoms with Crippen molar-refractivity contribution in [3.05, 3.63) is 57.6 Å². The Balaban J connectivity index is 1.89. The molecule has 2 heterocycles. The van der Waals surface area contributed by atoms with E-state index in [0.29, 0.717) is 32.3 Å². The average molecular weight is 511 g/mol. The van der Waals surface area contributed by atoms with E-state index in [1.165, 1.54) is 23.7 Å². The van der Waals surface area contributed by atoms with Crippen molar-refractivity contribution in [3.8, 4) is 0 Å². The van der Waals surface area contributed by atoms with Crippen molar-refractivity contribution in [2.24, 2.45) is 7.05 Å². The highest BCUT2D eigenvalue weighted by Gasteiger charge is 2.24. The minimum atomic E-state index is -3.79. The van der Waals surface area contributed by atoms with Gasteiger partial charge in [0.05, 0.1) is 40.7 Å². The predicted molar refractivity (Wildman–Crippen MR) is 127 cm³/mol. The molecule has 8 nitrogen and oxygen atoms in total. The van der Waals surface area contributed by atoms with Gasteiger partial charge in [-0.2, -0.15) is 0 Å². The van der Waals surface area contributed by atoms with Crippen LogP contribution in [0.5, 0.6) is 0 Å². The van der Waals surface area contributed by atoms with Gasteiger partial charge in [-0.25, -0.2) is 26.6 Å². The van der Waals surface area contributed by atoms with E-state index in [-0.39, 0.29) is 32.6 Å². The number of benzene rings is 2. The maximum atomic E-state index is 13.8. The van der Waals surface area contributed by atoms with Crippen molar-refractivity contribution < 1.29 is 26.3 Å². The standard InChI is InChI=1S/C23H25F3N4O4S/c1-13(27-18-5-4-15(24)12-19(18)35(3,32)33)16-10-14(21(25)26)11-17-20(16)28-23(29(2)22(17)31)30-6-8-34-9-7-30/h4-5,10-13,21,27H,6-9H2,1-3H3/t13-/m1/s1. The van der Waals surface area contributed by atoms with Crippen LogP contribution in [0.15, 0.2) is 40.0 Å². The molecule has 1 atom stereocenters. The van der Waals surface area contributed by atoms with Gasteiger partial charge in [0.15, 0.2) is 9.84 Å². The number of ether oxygens (including phenoxy) is 1. The fourth-order valence-electron chi connectivity index (χ4n) is 4.15. The van der Waals surface area contributed by atoms with E-state index in [1.807, 2.05) is 4.90 Å². The Morgan fingerprint density at radius 1 is 1.14 bits per heavy atom. The zero-order chi connectivity index (χ0) is 25.5. The van der Waals surface area contributed by atoms with Crippen molar-refractivity contribution in [1.29, 1.82) is 0 Å². The molecule has 12 heteroatoms. The van der Waals surface area contributed by atoms with Crippen molar-refractivity contribution in [1.82, 2.24) is 9.55 Å². The topological polar surface area (TPSA) is 93.5 Å². The lowest BCUT2D eigenvalue weighted by molar-refractivity contribution is 0.121. The van der Waals surface area contributed by atoms with Crippen molar-refractivity contribution in [2.75, 3.05) is 42.8 Å². The summed E-state index contributed by atoms with van der Waals surface area (Å²) in [7, 11) is -2.26. The Morgan fingerprint density at radius 3 is 2.46 bits per heavy atom. The molecule has 0 bridgehead atoms. The van der Waals surface area contributed by atoms with Crippen LogP contribution in [-0.4, -0.2) is 50.5 Å². The monoisotopic (exact) mass is 510 g/mol. The number of halogens is 3. The van der Waals surface area contributed by atoms with Gasteiger partial charge in [0, 0.05) is 37.5 Å². The Morgan fingerprint density at radius 2 is 1.83 bits per heavy atom. The number of anilines is 2. The van der Waals surface area contributed by atoms with Gasteiger partial charge in [-0.15, -0.1) is 0 Å². The van der Waals surface area contributed by atoms with E-state index in [4.69, 9.17) is 4.74 Å². The summed E-state index contributed by atoms with van der Waals surface area (Å²) in [6.45, 7) is 3.57. The summed E-state index contributed by atoms with van der Waals surface area (Å²) in [5.41, 5.74) is -0.224. The lowest BCUT2D eigenvalue weighted by atomic mass is 10.0. The fourth-order valence-corrected chi connectivity index (χ4v) is 5.00. The third kappa shape index (κ3) is 4.98. The summed E-state index contributed by atoms with van der Waals surface area (Å²) >= 11 is 0. The molecule has 188 valence electrons. The number of rotatable bonds is 6. The summed E-state index contributed by atoms with van der Waals surface area (Å²) in [4.78, 5) is 19.5. The minimum absolute atomic E-state index is 0.0217.